The van der Waals surface area contributed by atoms with E-state index in [1.165, 1.54) is 5.56 Å². The van der Waals surface area contributed by atoms with Crippen molar-refractivity contribution in [2.75, 3.05) is 13.1 Å². The Hall–Kier alpha value is -1.88. The molecule has 2 unspecified atom stereocenters. The number of piperidine rings is 1. The van der Waals surface area contributed by atoms with E-state index < -0.39 is 5.60 Å². The van der Waals surface area contributed by atoms with Crippen LogP contribution in [0.2, 0.25) is 10.0 Å². The second kappa shape index (κ2) is 10.2. The molecule has 0 radical (unpaired) electrons. The summed E-state index contributed by atoms with van der Waals surface area (Å²) in [6.45, 7) is 4.54. The Balaban J connectivity index is 1.62. The SMILES string of the molecule is Cc1ccc(C2(OCc3ccccc3)CCNCC2OCc2cc(Cl)ccc2Cl)cc1. The van der Waals surface area contributed by atoms with E-state index in [-0.39, 0.29) is 6.10 Å². The third kappa shape index (κ3) is 5.31. The van der Waals surface area contributed by atoms with Crippen molar-refractivity contribution in [3.63, 3.8) is 0 Å². The van der Waals surface area contributed by atoms with Gasteiger partial charge in [-0.15, -0.1) is 0 Å². The molecule has 0 amide bonds. The first-order chi connectivity index (χ1) is 15.1. The maximum absolute atomic E-state index is 6.71. The van der Waals surface area contributed by atoms with Crippen LogP contribution in [-0.4, -0.2) is 19.2 Å². The highest BCUT2D eigenvalue weighted by molar-refractivity contribution is 6.33. The van der Waals surface area contributed by atoms with Crippen molar-refractivity contribution in [2.45, 2.75) is 38.3 Å². The molecule has 0 aromatic heterocycles. The first kappa shape index (κ1) is 22.3. The molecule has 1 aliphatic heterocycles. The van der Waals surface area contributed by atoms with Crippen LogP contribution in [-0.2, 0) is 28.3 Å². The highest BCUT2D eigenvalue weighted by Gasteiger charge is 2.44. The molecule has 3 aromatic carbocycles. The fourth-order valence-corrected chi connectivity index (χ4v) is 4.44. The third-order valence-corrected chi connectivity index (χ3v) is 6.45. The molecular formula is C26H27Cl2NO2. The van der Waals surface area contributed by atoms with Crippen molar-refractivity contribution in [2.24, 2.45) is 0 Å². The van der Waals surface area contributed by atoms with Crippen molar-refractivity contribution in [3.8, 4) is 0 Å². The van der Waals surface area contributed by atoms with E-state index in [0.717, 1.165) is 29.7 Å². The van der Waals surface area contributed by atoms with Crippen LogP contribution in [0.15, 0.2) is 72.8 Å². The van der Waals surface area contributed by atoms with E-state index in [1.54, 1.807) is 12.1 Å². The molecule has 4 rings (SSSR count). The van der Waals surface area contributed by atoms with Gasteiger partial charge in [0.05, 0.1) is 13.2 Å². The van der Waals surface area contributed by atoms with Crippen molar-refractivity contribution in [1.82, 2.24) is 5.32 Å². The standard InChI is InChI=1S/C26H27Cl2NO2/c1-19-7-9-22(10-8-19)26(31-17-20-5-3-2-4-6-20)13-14-29-16-25(26)30-18-21-15-23(27)11-12-24(21)28/h2-12,15,25,29H,13-14,16-18H2,1H3. The predicted molar refractivity (Wildman–Crippen MR) is 127 cm³/mol. The summed E-state index contributed by atoms with van der Waals surface area (Å²) < 4.78 is 13.2. The molecule has 1 fully saturated rings. The lowest BCUT2D eigenvalue weighted by Crippen LogP contribution is -2.54. The summed E-state index contributed by atoms with van der Waals surface area (Å²) in [5, 5.41) is 4.77. The van der Waals surface area contributed by atoms with Gasteiger partial charge >= 0.3 is 0 Å². The molecule has 0 saturated carbocycles. The van der Waals surface area contributed by atoms with Gasteiger partial charge in [-0.3, -0.25) is 0 Å². The first-order valence-electron chi connectivity index (χ1n) is 10.6. The summed E-state index contributed by atoms with van der Waals surface area (Å²) >= 11 is 12.5. The topological polar surface area (TPSA) is 30.5 Å². The largest absolute Gasteiger partial charge is 0.369 e. The van der Waals surface area contributed by atoms with Gasteiger partial charge < -0.3 is 14.8 Å². The molecule has 1 saturated heterocycles. The minimum atomic E-state index is -0.556. The van der Waals surface area contributed by atoms with Gasteiger partial charge in [-0.2, -0.15) is 0 Å². The Kier molecular flexibility index (Phi) is 7.31. The number of halogens is 2. The molecular weight excluding hydrogens is 429 g/mol. The number of nitrogens with one attached hydrogen (secondary N) is 1. The molecule has 5 heteroatoms. The highest BCUT2D eigenvalue weighted by atomic mass is 35.5. The molecule has 1 aliphatic rings. The molecule has 3 aromatic rings. The summed E-state index contributed by atoms with van der Waals surface area (Å²) in [5.41, 5.74) is 3.82. The summed E-state index contributed by atoms with van der Waals surface area (Å²) in [7, 11) is 0. The fourth-order valence-electron chi connectivity index (χ4n) is 4.07. The first-order valence-corrected chi connectivity index (χ1v) is 11.3. The van der Waals surface area contributed by atoms with Crippen LogP contribution in [0.25, 0.3) is 0 Å². The minimum Gasteiger partial charge on any atom is -0.369 e. The number of hydrogen-bond donors (Lipinski definition) is 1. The van der Waals surface area contributed by atoms with E-state index in [9.17, 15) is 0 Å². The van der Waals surface area contributed by atoms with E-state index in [4.69, 9.17) is 32.7 Å². The Morgan fingerprint density at radius 3 is 2.52 bits per heavy atom. The number of ether oxygens (including phenoxy) is 2. The van der Waals surface area contributed by atoms with Crippen molar-refractivity contribution in [1.29, 1.82) is 0 Å². The summed E-state index contributed by atoms with van der Waals surface area (Å²) in [6.07, 6.45) is 0.638. The molecule has 2 atom stereocenters. The summed E-state index contributed by atoms with van der Waals surface area (Å²) in [6, 6.07) is 24.3. The van der Waals surface area contributed by atoms with Gasteiger partial charge in [0.15, 0.2) is 0 Å². The van der Waals surface area contributed by atoms with Gasteiger partial charge in [-0.05, 0) is 54.8 Å². The zero-order valence-electron chi connectivity index (χ0n) is 17.6. The molecule has 162 valence electrons. The second-order valence-corrected chi connectivity index (χ2v) is 8.86. The summed E-state index contributed by atoms with van der Waals surface area (Å²) in [5.74, 6) is 0. The van der Waals surface area contributed by atoms with Gasteiger partial charge in [0.1, 0.15) is 11.7 Å². The van der Waals surface area contributed by atoms with Gasteiger partial charge in [0.25, 0.3) is 0 Å². The average Bonchev–Trinajstić information content (AvgIpc) is 2.80. The highest BCUT2D eigenvalue weighted by Crippen LogP contribution is 2.38. The number of hydrogen-bond acceptors (Lipinski definition) is 3. The smallest absolute Gasteiger partial charge is 0.122 e. The molecule has 0 spiro atoms. The number of benzene rings is 3. The van der Waals surface area contributed by atoms with Crippen molar-refractivity contribution >= 4 is 23.2 Å². The van der Waals surface area contributed by atoms with Crippen LogP contribution in [0.3, 0.4) is 0 Å². The third-order valence-electron chi connectivity index (χ3n) is 5.85. The zero-order valence-corrected chi connectivity index (χ0v) is 19.1. The molecule has 1 heterocycles. The Morgan fingerprint density at radius 1 is 0.968 bits per heavy atom. The van der Waals surface area contributed by atoms with Crippen LogP contribution in [0.1, 0.15) is 28.7 Å². The average molecular weight is 456 g/mol. The van der Waals surface area contributed by atoms with Gasteiger partial charge in [0.2, 0.25) is 0 Å². The lowest BCUT2D eigenvalue weighted by atomic mass is 9.82. The quantitative estimate of drug-likeness (QED) is 0.453. The van der Waals surface area contributed by atoms with E-state index in [1.807, 2.05) is 24.3 Å². The van der Waals surface area contributed by atoms with Gasteiger partial charge in [0, 0.05) is 16.6 Å². The van der Waals surface area contributed by atoms with Crippen LogP contribution < -0.4 is 5.32 Å². The Labute approximate surface area is 194 Å². The number of rotatable bonds is 7. The minimum absolute atomic E-state index is 0.178. The monoisotopic (exact) mass is 455 g/mol. The molecule has 1 N–H and O–H groups in total. The van der Waals surface area contributed by atoms with E-state index >= 15 is 0 Å². The maximum Gasteiger partial charge on any atom is 0.122 e. The summed E-state index contributed by atoms with van der Waals surface area (Å²) in [4.78, 5) is 0. The maximum atomic E-state index is 6.71. The number of aryl methyl sites for hydroxylation is 1. The lowest BCUT2D eigenvalue weighted by Gasteiger charge is -2.44. The van der Waals surface area contributed by atoms with Crippen LogP contribution in [0.4, 0.5) is 0 Å². The molecule has 0 aliphatic carbocycles. The predicted octanol–water partition coefficient (Wildman–Crippen LogP) is 6.29. The molecule has 31 heavy (non-hydrogen) atoms. The normalized spacial score (nSPS) is 21.2. The van der Waals surface area contributed by atoms with Crippen molar-refractivity contribution in [3.05, 3.63) is 105 Å². The van der Waals surface area contributed by atoms with Crippen molar-refractivity contribution < 1.29 is 9.47 Å². The van der Waals surface area contributed by atoms with Gasteiger partial charge in [-0.25, -0.2) is 0 Å². The molecule has 0 bridgehead atoms. The van der Waals surface area contributed by atoms with Crippen LogP contribution >= 0.6 is 23.2 Å². The lowest BCUT2D eigenvalue weighted by molar-refractivity contribution is -0.176. The van der Waals surface area contributed by atoms with Gasteiger partial charge in [-0.1, -0.05) is 83.4 Å². The zero-order chi connectivity index (χ0) is 21.7. The van der Waals surface area contributed by atoms with E-state index in [2.05, 4.69) is 48.6 Å². The Morgan fingerprint density at radius 2 is 1.74 bits per heavy atom. The Bertz CT molecular complexity index is 994. The second-order valence-electron chi connectivity index (χ2n) is 8.02. The van der Waals surface area contributed by atoms with E-state index in [0.29, 0.717) is 29.8 Å². The van der Waals surface area contributed by atoms with Crippen LogP contribution in [0, 0.1) is 6.92 Å². The van der Waals surface area contributed by atoms with Crippen LogP contribution in [0.5, 0.6) is 0 Å². The fraction of sp³-hybridized carbons (Fsp3) is 0.308. The molecule has 3 nitrogen and oxygen atoms in total.